The average molecular weight is 548 g/mol. The molecule has 14 nitrogen and oxygen atoms in total. The molecule has 4 N–H and O–H groups in total. The fraction of sp³-hybridized carbons (Fsp3) is 0.333. The number of aromatic nitrogens is 3. The Labute approximate surface area is 218 Å². The van der Waals surface area contributed by atoms with Crippen LogP contribution >= 0.6 is 23.3 Å². The molecule has 0 aromatic carbocycles. The number of nitrogen functional groups attached to an aromatic ring is 1. The number of oxime groups is 1. The third kappa shape index (κ3) is 5.24. The van der Waals surface area contributed by atoms with Crippen LogP contribution in [-0.4, -0.2) is 71.6 Å². The van der Waals surface area contributed by atoms with Gasteiger partial charge in [0.2, 0.25) is 17.1 Å². The number of thioether (sulfide) groups is 1. The van der Waals surface area contributed by atoms with E-state index in [4.69, 9.17) is 10.6 Å². The van der Waals surface area contributed by atoms with E-state index in [0.717, 1.165) is 16.4 Å². The maximum absolute atomic E-state index is 13.1. The monoisotopic (exact) mass is 547 g/mol. The molecule has 0 saturated carbocycles. The van der Waals surface area contributed by atoms with E-state index in [0.29, 0.717) is 5.57 Å². The third-order valence-corrected chi connectivity index (χ3v) is 7.31. The molecule has 2 atom stereocenters. The van der Waals surface area contributed by atoms with Gasteiger partial charge >= 0.3 is 5.97 Å². The van der Waals surface area contributed by atoms with Crippen LogP contribution in [0.5, 0.6) is 0 Å². The van der Waals surface area contributed by atoms with E-state index < -0.39 is 46.5 Å². The molecule has 16 heteroatoms. The standard InChI is InChI=1S/C21H21N7O7S2/c1-21(2,19(33)34)35-25-11(14-24-20(22)37-26-14)15(29)23-12-16(30)28-13(18(31)32)10(9-36-17(12)28)8-27-6-4-3-5-7-27/h3-7,12,17H,8-9H2,1-2H3,(H4-,22,23,24,26,29,31,32,33,34)/t12?,17-/m0/s1. The average Bonchev–Trinajstić information content (AvgIpc) is 3.28. The van der Waals surface area contributed by atoms with Crippen LogP contribution in [0, 0.1) is 0 Å². The van der Waals surface area contributed by atoms with Gasteiger partial charge in [0.05, 0.1) is 11.7 Å². The number of fused-ring (bicyclic) bond motifs is 1. The number of amides is 2. The second-order valence-corrected chi connectivity index (χ2v) is 10.3. The van der Waals surface area contributed by atoms with Crippen molar-refractivity contribution in [2.75, 3.05) is 11.5 Å². The van der Waals surface area contributed by atoms with Gasteiger partial charge in [-0.1, -0.05) is 11.2 Å². The molecule has 4 rings (SSSR count). The van der Waals surface area contributed by atoms with Crippen molar-refractivity contribution in [2.24, 2.45) is 5.16 Å². The van der Waals surface area contributed by atoms with E-state index in [9.17, 15) is 29.4 Å². The van der Waals surface area contributed by atoms with E-state index in [1.165, 1.54) is 25.6 Å². The van der Waals surface area contributed by atoms with Crippen LogP contribution in [0.1, 0.15) is 19.7 Å². The Morgan fingerprint density at radius 1 is 1.35 bits per heavy atom. The van der Waals surface area contributed by atoms with Gasteiger partial charge in [0, 0.05) is 35.0 Å². The van der Waals surface area contributed by atoms with Crippen molar-refractivity contribution < 1.29 is 38.8 Å². The molecule has 0 aliphatic carbocycles. The van der Waals surface area contributed by atoms with E-state index in [-0.39, 0.29) is 29.0 Å². The molecule has 1 saturated heterocycles. The Morgan fingerprint density at radius 2 is 2.05 bits per heavy atom. The number of anilines is 1. The van der Waals surface area contributed by atoms with Gasteiger partial charge in [0.15, 0.2) is 24.1 Å². The molecule has 0 radical (unpaired) electrons. The van der Waals surface area contributed by atoms with Crippen LogP contribution in [0.25, 0.3) is 0 Å². The Hall–Kier alpha value is -4.05. The summed E-state index contributed by atoms with van der Waals surface area (Å²) in [6.45, 7) is 2.69. The number of hydrogen-bond donors (Lipinski definition) is 3. The molecular weight excluding hydrogens is 526 g/mol. The summed E-state index contributed by atoms with van der Waals surface area (Å²) in [6.07, 6.45) is 3.54. The molecule has 2 aliphatic rings. The van der Waals surface area contributed by atoms with E-state index in [1.54, 1.807) is 29.1 Å². The highest BCUT2D eigenvalue weighted by Crippen LogP contribution is 2.40. The quantitative estimate of drug-likeness (QED) is 0.137. The van der Waals surface area contributed by atoms with Gasteiger partial charge in [0.25, 0.3) is 11.8 Å². The highest BCUT2D eigenvalue weighted by Gasteiger charge is 2.53. The largest absolute Gasteiger partial charge is 0.543 e. The van der Waals surface area contributed by atoms with Crippen molar-refractivity contribution >= 4 is 57.9 Å². The second kappa shape index (κ2) is 10.1. The number of pyridine rings is 1. The zero-order valence-electron chi connectivity index (χ0n) is 19.5. The number of carbonyl (C=O) groups is 4. The van der Waals surface area contributed by atoms with Gasteiger partial charge in [-0.15, -0.1) is 11.8 Å². The van der Waals surface area contributed by atoms with Crippen molar-refractivity contribution in [1.29, 1.82) is 0 Å². The highest BCUT2D eigenvalue weighted by atomic mass is 32.2. The molecule has 1 unspecified atom stereocenters. The van der Waals surface area contributed by atoms with Gasteiger partial charge in [-0.05, 0) is 13.8 Å². The number of hydrogen-bond acceptors (Lipinski definition) is 12. The minimum absolute atomic E-state index is 0.0225. The van der Waals surface area contributed by atoms with Crippen LogP contribution < -0.4 is 20.7 Å². The molecule has 2 amide bonds. The maximum atomic E-state index is 13.1. The molecule has 1 fully saturated rings. The molecule has 2 aliphatic heterocycles. The Morgan fingerprint density at radius 3 is 2.65 bits per heavy atom. The number of rotatable bonds is 9. The molecule has 4 heterocycles. The number of carboxylic acid groups (broad SMARTS) is 2. The van der Waals surface area contributed by atoms with Crippen LogP contribution in [-0.2, 0) is 30.6 Å². The van der Waals surface area contributed by atoms with E-state index >= 15 is 0 Å². The van der Waals surface area contributed by atoms with Crippen molar-refractivity contribution in [2.45, 2.75) is 37.4 Å². The van der Waals surface area contributed by atoms with E-state index in [2.05, 4.69) is 19.8 Å². The van der Waals surface area contributed by atoms with Crippen LogP contribution in [0.3, 0.4) is 0 Å². The number of aliphatic carboxylic acids is 2. The molecular formula is C21H21N7O7S2. The van der Waals surface area contributed by atoms with Crippen LogP contribution in [0.4, 0.5) is 5.13 Å². The van der Waals surface area contributed by atoms with Gasteiger partial charge in [-0.2, -0.15) is 9.36 Å². The van der Waals surface area contributed by atoms with Gasteiger partial charge in [-0.3, -0.25) is 14.5 Å². The molecule has 194 valence electrons. The summed E-state index contributed by atoms with van der Waals surface area (Å²) in [4.78, 5) is 59.4. The van der Waals surface area contributed by atoms with Crippen LogP contribution in [0.15, 0.2) is 47.0 Å². The lowest BCUT2D eigenvalue weighted by molar-refractivity contribution is -0.689. The number of β-lactam (4-membered cyclic amide) rings is 1. The highest BCUT2D eigenvalue weighted by molar-refractivity contribution is 8.00. The fourth-order valence-electron chi connectivity index (χ4n) is 3.48. The topological polar surface area (TPSA) is 204 Å². The summed E-state index contributed by atoms with van der Waals surface area (Å²) < 4.78 is 5.68. The number of carboxylic acids is 2. The van der Waals surface area contributed by atoms with Crippen LogP contribution in [0.2, 0.25) is 0 Å². The Bertz CT molecular complexity index is 1330. The summed E-state index contributed by atoms with van der Waals surface area (Å²) in [6, 6.07) is 4.32. The summed E-state index contributed by atoms with van der Waals surface area (Å²) in [5, 5.41) is 26.7. The first-order valence-corrected chi connectivity index (χ1v) is 12.5. The van der Waals surface area contributed by atoms with Crippen molar-refractivity contribution in [3.63, 3.8) is 0 Å². The lowest BCUT2D eigenvalue weighted by atomic mass is 10.0. The van der Waals surface area contributed by atoms with Gasteiger partial charge in [-0.25, -0.2) is 9.36 Å². The molecule has 2 aromatic heterocycles. The number of nitrogens with one attached hydrogen (secondary N) is 1. The van der Waals surface area contributed by atoms with Crippen molar-refractivity contribution in [3.8, 4) is 0 Å². The summed E-state index contributed by atoms with van der Waals surface area (Å²) in [5.41, 5.74) is 3.58. The minimum Gasteiger partial charge on any atom is -0.543 e. The third-order valence-electron chi connectivity index (χ3n) is 5.43. The first kappa shape index (κ1) is 26.0. The van der Waals surface area contributed by atoms with Crippen molar-refractivity contribution in [1.82, 2.24) is 19.6 Å². The molecule has 0 spiro atoms. The van der Waals surface area contributed by atoms with Gasteiger partial charge in [0.1, 0.15) is 11.4 Å². The minimum atomic E-state index is -1.78. The van der Waals surface area contributed by atoms with E-state index in [1.807, 2.05) is 6.07 Å². The lowest BCUT2D eigenvalue weighted by Gasteiger charge is -2.50. The fourth-order valence-corrected chi connectivity index (χ4v) is 5.25. The summed E-state index contributed by atoms with van der Waals surface area (Å²) in [7, 11) is 0. The summed E-state index contributed by atoms with van der Waals surface area (Å²) >= 11 is 2.05. The first-order valence-electron chi connectivity index (χ1n) is 10.7. The number of nitrogens with zero attached hydrogens (tertiary/aromatic N) is 5. The molecule has 2 aromatic rings. The predicted octanol–water partition coefficient (Wildman–Crippen LogP) is -1.90. The zero-order valence-corrected chi connectivity index (χ0v) is 21.1. The predicted molar refractivity (Wildman–Crippen MR) is 127 cm³/mol. The zero-order chi connectivity index (χ0) is 26.9. The number of nitrogens with two attached hydrogens (primary N) is 1. The smallest absolute Gasteiger partial charge is 0.350 e. The summed E-state index contributed by atoms with van der Waals surface area (Å²) in [5.74, 6) is -4.36. The maximum Gasteiger partial charge on any atom is 0.350 e. The first-order chi connectivity index (χ1) is 17.5. The lowest BCUT2D eigenvalue weighted by Crippen LogP contribution is -2.71. The Kier molecular flexibility index (Phi) is 7.13. The SMILES string of the molecule is CC(C)(ON=C(C(=O)NC1C(=O)N2C(C(=O)[O-])=C(C[n+]3ccccc3)CS[C@@H]12)c1nsc(N)n1)C(=O)O. The van der Waals surface area contributed by atoms with Gasteiger partial charge < -0.3 is 30.9 Å². The van der Waals surface area contributed by atoms with Crippen molar-refractivity contribution in [3.05, 3.63) is 47.7 Å². The second-order valence-electron chi connectivity index (χ2n) is 8.45. The number of carbonyl (C=O) groups excluding carboxylic acids is 3. The Balaban J connectivity index is 1.55. The molecule has 0 bridgehead atoms. The molecule has 37 heavy (non-hydrogen) atoms. The normalized spacial score (nSPS) is 19.7.